The third kappa shape index (κ3) is 12.8. The number of ketones is 1. The van der Waals surface area contributed by atoms with Crippen LogP contribution in [-0.2, 0) is 32.3 Å². The van der Waals surface area contributed by atoms with Crippen LogP contribution in [0.2, 0.25) is 0 Å². The molecule has 2 unspecified atom stereocenters. The van der Waals surface area contributed by atoms with Crippen molar-refractivity contribution in [2.75, 3.05) is 18.5 Å². The van der Waals surface area contributed by atoms with E-state index < -0.39 is 24.5 Å². The molecular weight excluding hydrogens is 514 g/mol. The Balaban J connectivity index is 0.000000417. The number of hydrogen-bond acceptors (Lipinski definition) is 7. The molecule has 0 fully saturated rings. The van der Waals surface area contributed by atoms with Crippen LogP contribution in [-0.4, -0.2) is 48.2 Å². The van der Waals surface area contributed by atoms with Crippen LogP contribution in [0.25, 0.3) is 0 Å². The van der Waals surface area contributed by atoms with Gasteiger partial charge in [0, 0.05) is 18.5 Å². The molecule has 0 bridgehead atoms. The first-order chi connectivity index (χ1) is 19.3. The standard InChI is InChI=1S/C22H34N2O5.C8H7NO2/c1-3-9-17(2)14-21(27)24-19(20(26)15-25)12-7-8-13-23-22(28)29-16-18-10-5-4-6-11-18;10-8-9-7-4-2-1-3-6(7)5-11-8/h4-6,10-11,17,19,25H,3,7-9,12-16H2,1-2H3,(H,23,28)(H,24,27);1-4H,5H2,(H,9,10). The molecule has 0 aromatic heterocycles. The van der Waals surface area contributed by atoms with Crippen LogP contribution < -0.4 is 16.0 Å². The molecule has 3 rings (SSSR count). The average molecular weight is 556 g/mol. The summed E-state index contributed by atoms with van der Waals surface area (Å²) in [5.41, 5.74) is 2.79. The van der Waals surface area contributed by atoms with E-state index in [1.54, 1.807) is 0 Å². The van der Waals surface area contributed by atoms with Gasteiger partial charge in [0.1, 0.15) is 19.8 Å². The second-order valence-electron chi connectivity index (χ2n) is 9.69. The van der Waals surface area contributed by atoms with E-state index in [1.165, 1.54) is 0 Å². The zero-order chi connectivity index (χ0) is 29.2. The van der Waals surface area contributed by atoms with E-state index >= 15 is 0 Å². The van der Waals surface area contributed by atoms with Gasteiger partial charge in [-0.15, -0.1) is 0 Å². The maximum Gasteiger partial charge on any atom is 0.411 e. The summed E-state index contributed by atoms with van der Waals surface area (Å²) in [7, 11) is 0. The predicted molar refractivity (Wildman–Crippen MR) is 151 cm³/mol. The fourth-order valence-corrected chi connectivity index (χ4v) is 4.08. The van der Waals surface area contributed by atoms with Gasteiger partial charge in [0.25, 0.3) is 0 Å². The van der Waals surface area contributed by atoms with Crippen LogP contribution in [0.1, 0.15) is 63.5 Å². The molecule has 1 aliphatic heterocycles. The number of cyclic esters (lactones) is 1. The Bertz CT molecular complexity index is 1080. The monoisotopic (exact) mass is 555 g/mol. The summed E-state index contributed by atoms with van der Waals surface area (Å²) in [5, 5.41) is 17.1. The van der Waals surface area contributed by atoms with Crippen LogP contribution in [0.5, 0.6) is 0 Å². The lowest BCUT2D eigenvalue weighted by Crippen LogP contribution is -2.42. The summed E-state index contributed by atoms with van der Waals surface area (Å²) in [6.45, 7) is 4.48. The zero-order valence-corrected chi connectivity index (χ0v) is 23.3. The van der Waals surface area contributed by atoms with Crippen LogP contribution >= 0.6 is 0 Å². The Hall–Kier alpha value is -3.92. The minimum atomic E-state index is -0.689. The fraction of sp³-hybridized carbons (Fsp3) is 0.467. The molecule has 0 spiro atoms. The zero-order valence-electron chi connectivity index (χ0n) is 23.3. The van der Waals surface area contributed by atoms with E-state index in [1.807, 2.05) is 61.5 Å². The lowest BCUT2D eigenvalue weighted by atomic mass is 10.0. The van der Waals surface area contributed by atoms with Gasteiger partial charge < -0.3 is 25.2 Å². The molecule has 2 aromatic rings. The molecule has 0 aliphatic carbocycles. The van der Waals surface area contributed by atoms with Gasteiger partial charge in [-0.05, 0) is 36.8 Å². The lowest BCUT2D eigenvalue weighted by Gasteiger charge is -2.18. The average Bonchev–Trinajstić information content (AvgIpc) is 2.95. The van der Waals surface area contributed by atoms with Crippen molar-refractivity contribution >= 4 is 29.6 Å². The SMILES string of the molecule is CCCC(C)CC(=O)NC(CCCCNC(=O)OCc1ccccc1)C(=O)CO.O=C1Nc2ccccc2CO1. The van der Waals surface area contributed by atoms with Gasteiger partial charge in [-0.1, -0.05) is 75.2 Å². The molecule has 10 nitrogen and oxygen atoms in total. The molecule has 0 saturated heterocycles. The normalized spacial score (nSPS) is 13.2. The number of ether oxygens (including phenoxy) is 2. The first kappa shape index (κ1) is 32.3. The smallest absolute Gasteiger partial charge is 0.411 e. The van der Waals surface area contributed by atoms with Crippen molar-refractivity contribution in [1.29, 1.82) is 0 Å². The maximum absolute atomic E-state index is 12.1. The molecule has 2 atom stereocenters. The molecule has 2 aromatic carbocycles. The number of hydrogen-bond donors (Lipinski definition) is 4. The maximum atomic E-state index is 12.1. The van der Waals surface area contributed by atoms with Crippen molar-refractivity contribution in [1.82, 2.24) is 10.6 Å². The Morgan fingerprint density at radius 2 is 1.77 bits per heavy atom. The van der Waals surface area contributed by atoms with Crippen LogP contribution in [0.4, 0.5) is 15.3 Å². The second-order valence-corrected chi connectivity index (χ2v) is 9.69. The molecule has 0 saturated carbocycles. The van der Waals surface area contributed by atoms with Gasteiger partial charge in [-0.25, -0.2) is 9.59 Å². The largest absolute Gasteiger partial charge is 0.445 e. The highest BCUT2D eigenvalue weighted by atomic mass is 16.6. The topological polar surface area (TPSA) is 143 Å². The number of carbonyl (C=O) groups is 4. The van der Waals surface area contributed by atoms with Crippen LogP contribution in [0, 0.1) is 5.92 Å². The number of rotatable bonds is 14. The number of carbonyl (C=O) groups excluding carboxylic acids is 4. The van der Waals surface area contributed by atoms with Gasteiger partial charge in [0.15, 0.2) is 5.78 Å². The summed E-state index contributed by atoms with van der Waals surface area (Å²) in [5.74, 6) is -0.298. The summed E-state index contributed by atoms with van der Waals surface area (Å²) in [4.78, 5) is 46.4. The number of Topliss-reactive ketones (excluding diaryl/α,β-unsaturated/α-hetero) is 1. The van der Waals surface area contributed by atoms with E-state index in [0.717, 1.165) is 29.7 Å². The molecule has 3 amide bonds. The molecule has 10 heteroatoms. The molecule has 218 valence electrons. The summed E-state index contributed by atoms with van der Waals surface area (Å²) >= 11 is 0. The first-order valence-electron chi connectivity index (χ1n) is 13.7. The number of alkyl carbamates (subject to hydrolysis) is 1. The van der Waals surface area contributed by atoms with Gasteiger partial charge in [-0.2, -0.15) is 0 Å². The number of nitrogens with one attached hydrogen (secondary N) is 3. The summed E-state index contributed by atoms with van der Waals surface area (Å²) in [6.07, 6.45) is 3.16. The van der Waals surface area contributed by atoms with Crippen LogP contribution in [0.15, 0.2) is 54.6 Å². The summed E-state index contributed by atoms with van der Waals surface area (Å²) < 4.78 is 9.88. The molecule has 1 aliphatic rings. The number of benzene rings is 2. The van der Waals surface area contributed by atoms with E-state index in [2.05, 4.69) is 22.9 Å². The number of fused-ring (bicyclic) bond motifs is 1. The number of amides is 3. The lowest BCUT2D eigenvalue weighted by molar-refractivity contribution is -0.129. The quantitative estimate of drug-likeness (QED) is 0.247. The van der Waals surface area contributed by atoms with Crippen molar-refractivity contribution in [3.05, 3.63) is 65.7 Å². The highest BCUT2D eigenvalue weighted by molar-refractivity contribution is 5.89. The number of para-hydroxylation sites is 1. The highest BCUT2D eigenvalue weighted by Gasteiger charge is 2.20. The van der Waals surface area contributed by atoms with Gasteiger partial charge in [-0.3, -0.25) is 14.9 Å². The highest BCUT2D eigenvalue weighted by Crippen LogP contribution is 2.20. The molecular formula is C30H41N3O7. The van der Waals surface area contributed by atoms with E-state index in [-0.39, 0.29) is 24.5 Å². The van der Waals surface area contributed by atoms with Gasteiger partial charge in [0.2, 0.25) is 5.91 Å². The molecule has 1 heterocycles. The Morgan fingerprint density at radius 1 is 1.05 bits per heavy atom. The van der Waals surface area contributed by atoms with Crippen molar-refractivity contribution in [2.45, 2.75) is 71.6 Å². The number of anilines is 1. The third-order valence-corrected chi connectivity index (χ3v) is 6.21. The fourth-order valence-electron chi connectivity index (χ4n) is 4.08. The third-order valence-electron chi connectivity index (χ3n) is 6.21. The number of aliphatic hydroxyl groups is 1. The molecule has 4 N–H and O–H groups in total. The van der Waals surface area contributed by atoms with Gasteiger partial charge >= 0.3 is 12.2 Å². The molecule has 40 heavy (non-hydrogen) atoms. The van der Waals surface area contributed by atoms with Crippen molar-refractivity contribution in [3.63, 3.8) is 0 Å². The van der Waals surface area contributed by atoms with Crippen molar-refractivity contribution in [3.8, 4) is 0 Å². The minimum absolute atomic E-state index is 0.166. The number of aliphatic hydroxyl groups excluding tert-OH is 1. The minimum Gasteiger partial charge on any atom is -0.445 e. The van der Waals surface area contributed by atoms with Crippen molar-refractivity contribution in [2.24, 2.45) is 5.92 Å². The summed E-state index contributed by atoms with van der Waals surface area (Å²) in [6, 6.07) is 16.3. The van der Waals surface area contributed by atoms with Crippen LogP contribution in [0.3, 0.4) is 0 Å². The molecule has 0 radical (unpaired) electrons. The Labute approximate surface area is 235 Å². The van der Waals surface area contributed by atoms with Crippen molar-refractivity contribution < 1.29 is 33.8 Å². The first-order valence-corrected chi connectivity index (χ1v) is 13.7. The van der Waals surface area contributed by atoms with E-state index in [0.29, 0.717) is 38.8 Å². The van der Waals surface area contributed by atoms with Gasteiger partial charge in [0.05, 0.1) is 11.7 Å². The Morgan fingerprint density at radius 3 is 2.50 bits per heavy atom. The number of unbranched alkanes of at least 4 members (excludes halogenated alkanes) is 1. The second kappa shape index (κ2) is 18.4. The Kier molecular flexibility index (Phi) is 14.8. The van der Waals surface area contributed by atoms with E-state index in [9.17, 15) is 19.2 Å². The predicted octanol–water partition coefficient (Wildman–Crippen LogP) is 4.70. The van der Waals surface area contributed by atoms with E-state index in [4.69, 9.17) is 14.6 Å².